The Morgan fingerprint density at radius 3 is 2.64 bits per heavy atom. The summed E-state index contributed by atoms with van der Waals surface area (Å²) >= 11 is 5.52. The van der Waals surface area contributed by atoms with Crippen LogP contribution in [-0.4, -0.2) is 9.91 Å². The first-order valence-electron chi connectivity index (χ1n) is 3.53. The molecule has 1 aromatic rings. The van der Waals surface area contributed by atoms with Gasteiger partial charge in [-0.2, -0.15) is 0 Å². The van der Waals surface area contributed by atoms with Crippen LogP contribution in [0.25, 0.3) is 0 Å². The normalized spacial score (nSPS) is 10.6. The number of aromatic nitrogens is 1. The smallest absolute Gasteiger partial charge is 0.358 e. The molecule has 0 aliphatic carbocycles. The number of alkyl halides is 2. The van der Waals surface area contributed by atoms with E-state index in [2.05, 4.69) is 4.98 Å². The molecule has 0 bridgehead atoms. The average molecular weight is 223 g/mol. The number of aryl methyl sites for hydroxylation is 1. The van der Waals surface area contributed by atoms with E-state index in [1.807, 2.05) is 0 Å². The zero-order chi connectivity index (χ0) is 10.9. The molecule has 0 saturated heterocycles. The van der Waals surface area contributed by atoms with Crippen molar-refractivity contribution in [1.82, 2.24) is 4.98 Å². The summed E-state index contributed by atoms with van der Waals surface area (Å²) in [6.07, 6.45) is -2.96. The van der Waals surface area contributed by atoms with Gasteiger partial charge in [0, 0.05) is 6.92 Å². The number of rotatable bonds is 2. The monoisotopic (exact) mass is 222 g/mol. The van der Waals surface area contributed by atoms with Gasteiger partial charge in [0.2, 0.25) is 0 Å². The van der Waals surface area contributed by atoms with E-state index in [4.69, 9.17) is 11.6 Å². The molecule has 0 atom stereocenters. The Labute approximate surface area is 82.7 Å². The molecule has 1 heterocycles. The number of halogens is 3. The molecule has 0 aliphatic heterocycles. The van der Waals surface area contributed by atoms with Gasteiger partial charge in [0.25, 0.3) is 6.43 Å². The highest BCUT2D eigenvalue weighted by Gasteiger charge is 2.25. The Morgan fingerprint density at radius 1 is 1.64 bits per heavy atom. The lowest BCUT2D eigenvalue weighted by atomic mass is 10.2. The third-order valence-electron chi connectivity index (χ3n) is 1.57. The van der Waals surface area contributed by atoms with Gasteiger partial charge in [0.1, 0.15) is 5.56 Å². The van der Waals surface area contributed by atoms with Crippen LogP contribution in [0.15, 0.2) is 6.07 Å². The zero-order valence-electron chi connectivity index (χ0n) is 7.00. The molecule has 4 nitrogen and oxygen atoms in total. The molecular formula is C7H5ClF2N2O2. The first-order valence-corrected chi connectivity index (χ1v) is 3.91. The summed E-state index contributed by atoms with van der Waals surface area (Å²) in [6.45, 7) is 1.41. The summed E-state index contributed by atoms with van der Waals surface area (Å²) < 4.78 is 24.6. The van der Waals surface area contributed by atoms with Crippen molar-refractivity contribution in [3.05, 3.63) is 32.5 Å². The Bertz CT molecular complexity index is 384. The summed E-state index contributed by atoms with van der Waals surface area (Å²) in [7, 11) is 0. The van der Waals surface area contributed by atoms with E-state index >= 15 is 0 Å². The van der Waals surface area contributed by atoms with Crippen molar-refractivity contribution < 1.29 is 13.7 Å². The number of nitro groups is 1. The van der Waals surface area contributed by atoms with Crippen molar-refractivity contribution in [2.45, 2.75) is 13.3 Å². The minimum absolute atomic E-state index is 0.00843. The van der Waals surface area contributed by atoms with Crippen molar-refractivity contribution in [3.8, 4) is 0 Å². The lowest BCUT2D eigenvalue weighted by Gasteiger charge is -2.02. The second kappa shape index (κ2) is 3.83. The van der Waals surface area contributed by atoms with Crippen molar-refractivity contribution in [3.63, 3.8) is 0 Å². The summed E-state index contributed by atoms with van der Waals surface area (Å²) in [5.41, 5.74) is -0.603. The van der Waals surface area contributed by atoms with Gasteiger partial charge in [-0.15, -0.1) is 0 Å². The quantitative estimate of drug-likeness (QED) is 0.571. The minimum atomic E-state index is -2.96. The van der Waals surface area contributed by atoms with Gasteiger partial charge in [-0.25, -0.2) is 8.78 Å². The molecule has 1 aromatic heterocycles. The molecule has 76 valence electrons. The predicted octanol–water partition coefficient (Wildman–Crippen LogP) is 2.89. The first kappa shape index (κ1) is 10.8. The lowest BCUT2D eigenvalue weighted by Crippen LogP contribution is -2.01. The molecule has 7 heteroatoms. The van der Waals surface area contributed by atoms with E-state index in [9.17, 15) is 18.9 Å². The van der Waals surface area contributed by atoms with Crippen LogP contribution >= 0.6 is 11.6 Å². The van der Waals surface area contributed by atoms with Crippen molar-refractivity contribution in [2.24, 2.45) is 0 Å². The Morgan fingerprint density at radius 2 is 2.21 bits per heavy atom. The molecule has 0 saturated carbocycles. The fourth-order valence-electron chi connectivity index (χ4n) is 0.889. The van der Waals surface area contributed by atoms with E-state index in [0.29, 0.717) is 0 Å². The van der Waals surface area contributed by atoms with Crippen LogP contribution in [0.1, 0.15) is 17.7 Å². The molecule has 0 aliphatic rings. The second-order valence-corrected chi connectivity index (χ2v) is 2.93. The maximum Gasteiger partial charge on any atom is 0.372 e. The van der Waals surface area contributed by atoms with Crippen LogP contribution in [0.4, 0.5) is 14.6 Å². The highest BCUT2D eigenvalue weighted by molar-refractivity contribution is 6.31. The number of pyridine rings is 1. The summed E-state index contributed by atoms with van der Waals surface area (Å²) in [5.74, 6) is -0.845. The van der Waals surface area contributed by atoms with Gasteiger partial charge in [-0.05, 0) is 16.0 Å². The number of hydrogen-bond donors (Lipinski definition) is 0. The highest BCUT2D eigenvalue weighted by atomic mass is 35.5. The first-order chi connectivity index (χ1) is 6.43. The minimum Gasteiger partial charge on any atom is -0.358 e. The van der Waals surface area contributed by atoms with Crippen LogP contribution < -0.4 is 0 Å². The lowest BCUT2D eigenvalue weighted by molar-refractivity contribution is -0.391. The fraction of sp³-hybridized carbons (Fsp3) is 0.286. The van der Waals surface area contributed by atoms with E-state index in [1.165, 1.54) is 6.92 Å². The third kappa shape index (κ3) is 1.95. The van der Waals surface area contributed by atoms with Crippen molar-refractivity contribution in [2.75, 3.05) is 0 Å². The molecule has 0 spiro atoms. The van der Waals surface area contributed by atoms with Crippen molar-refractivity contribution >= 4 is 17.4 Å². The number of hydrogen-bond acceptors (Lipinski definition) is 3. The molecule has 1 rings (SSSR count). The van der Waals surface area contributed by atoms with Gasteiger partial charge in [-0.1, -0.05) is 11.6 Å². The summed E-state index contributed by atoms with van der Waals surface area (Å²) in [5, 5.41) is 10.3. The summed E-state index contributed by atoms with van der Waals surface area (Å²) in [4.78, 5) is 12.8. The van der Waals surface area contributed by atoms with Crippen LogP contribution in [-0.2, 0) is 0 Å². The SMILES string of the molecule is Cc1nc([N+](=O)[O-])c(C(F)F)cc1Cl. The molecule has 0 aromatic carbocycles. The Hall–Kier alpha value is -1.30. The molecule has 0 fully saturated rings. The number of nitrogens with zero attached hydrogens (tertiary/aromatic N) is 2. The van der Waals surface area contributed by atoms with E-state index in [0.717, 1.165) is 6.07 Å². The second-order valence-electron chi connectivity index (χ2n) is 2.53. The molecule has 0 unspecified atom stereocenters. The fourth-order valence-corrected chi connectivity index (χ4v) is 1.05. The van der Waals surface area contributed by atoms with Crippen molar-refractivity contribution in [1.29, 1.82) is 0 Å². The predicted molar refractivity (Wildman–Crippen MR) is 45.6 cm³/mol. The standard InChI is InChI=1S/C7H5ClF2N2O2/c1-3-5(8)2-4(6(9)10)7(11-3)12(13)14/h2,6H,1H3. The van der Waals surface area contributed by atoms with E-state index < -0.39 is 22.7 Å². The molecule has 14 heavy (non-hydrogen) atoms. The maximum atomic E-state index is 12.3. The average Bonchev–Trinajstić information content (AvgIpc) is 2.08. The van der Waals surface area contributed by atoms with Gasteiger partial charge < -0.3 is 10.1 Å². The van der Waals surface area contributed by atoms with Crippen LogP contribution in [0.2, 0.25) is 5.02 Å². The molecular weight excluding hydrogens is 218 g/mol. The molecule has 0 radical (unpaired) electrons. The largest absolute Gasteiger partial charge is 0.372 e. The van der Waals surface area contributed by atoms with Crippen LogP contribution in [0.5, 0.6) is 0 Å². The zero-order valence-corrected chi connectivity index (χ0v) is 7.76. The van der Waals surface area contributed by atoms with Crippen LogP contribution in [0.3, 0.4) is 0 Å². The maximum absolute atomic E-state index is 12.3. The van der Waals surface area contributed by atoms with Gasteiger partial charge in [-0.3, -0.25) is 0 Å². The van der Waals surface area contributed by atoms with E-state index in [1.54, 1.807) is 0 Å². The Kier molecular flexibility index (Phi) is 2.95. The molecule has 0 amide bonds. The molecule has 0 N–H and O–H groups in total. The van der Waals surface area contributed by atoms with Crippen LogP contribution in [0, 0.1) is 17.0 Å². The highest BCUT2D eigenvalue weighted by Crippen LogP contribution is 2.30. The van der Waals surface area contributed by atoms with Gasteiger partial charge in [0.15, 0.2) is 5.69 Å². The van der Waals surface area contributed by atoms with E-state index in [-0.39, 0.29) is 10.7 Å². The van der Waals surface area contributed by atoms with Gasteiger partial charge in [0.05, 0.1) is 5.02 Å². The topological polar surface area (TPSA) is 56.0 Å². The summed E-state index contributed by atoms with van der Waals surface area (Å²) in [6, 6.07) is 0.868. The van der Waals surface area contributed by atoms with Gasteiger partial charge >= 0.3 is 5.82 Å². The third-order valence-corrected chi connectivity index (χ3v) is 1.95. The Balaban J connectivity index is 3.39.